The smallest absolute Gasteiger partial charge is 0.311 e. The molecule has 9 nitrogen and oxygen atoms in total. The zero-order valence-electron chi connectivity index (χ0n) is 18.5. The quantitative estimate of drug-likeness (QED) is 0.276. The number of amides is 2. The number of benzene rings is 3. The summed E-state index contributed by atoms with van der Waals surface area (Å²) in [5.74, 6) is -0.609. The number of anilines is 2. The Morgan fingerprint density at radius 1 is 1.00 bits per heavy atom. The van der Waals surface area contributed by atoms with Gasteiger partial charge in [-0.3, -0.25) is 19.7 Å². The van der Waals surface area contributed by atoms with E-state index in [4.69, 9.17) is 9.15 Å². The Labute approximate surface area is 194 Å². The van der Waals surface area contributed by atoms with Crippen LogP contribution in [-0.2, 0) is 0 Å². The van der Waals surface area contributed by atoms with E-state index >= 15 is 0 Å². The van der Waals surface area contributed by atoms with Gasteiger partial charge in [-0.05, 0) is 61.9 Å². The van der Waals surface area contributed by atoms with Gasteiger partial charge in [-0.2, -0.15) is 0 Å². The predicted octanol–water partition coefficient (Wildman–Crippen LogP) is 5.55. The Balaban J connectivity index is 1.47. The minimum atomic E-state index is -0.592. The van der Waals surface area contributed by atoms with Gasteiger partial charge in [-0.25, -0.2) is 0 Å². The number of para-hydroxylation sites is 1. The number of nitrogens with one attached hydrogen (secondary N) is 2. The number of ether oxygens (including phenoxy) is 1. The van der Waals surface area contributed by atoms with E-state index in [2.05, 4.69) is 10.6 Å². The maximum absolute atomic E-state index is 12.6. The zero-order valence-corrected chi connectivity index (χ0v) is 18.5. The summed E-state index contributed by atoms with van der Waals surface area (Å²) >= 11 is 0. The molecule has 0 spiro atoms. The van der Waals surface area contributed by atoms with Crippen LogP contribution in [0.1, 0.15) is 33.4 Å². The topological polar surface area (TPSA) is 124 Å². The van der Waals surface area contributed by atoms with E-state index in [1.165, 1.54) is 18.2 Å². The summed E-state index contributed by atoms with van der Waals surface area (Å²) in [6.07, 6.45) is 0. The second kappa shape index (κ2) is 9.45. The molecule has 0 unspecified atom stereocenters. The molecule has 1 aromatic heterocycles. The number of nitro benzene ring substituents is 1. The van der Waals surface area contributed by atoms with Crippen molar-refractivity contribution in [3.05, 3.63) is 93.7 Å². The van der Waals surface area contributed by atoms with Crippen molar-refractivity contribution >= 4 is 39.8 Å². The van der Waals surface area contributed by atoms with Crippen LogP contribution >= 0.6 is 0 Å². The maximum Gasteiger partial charge on any atom is 0.311 e. The summed E-state index contributed by atoms with van der Waals surface area (Å²) < 4.78 is 10.8. The molecule has 0 radical (unpaired) electrons. The zero-order chi connectivity index (χ0) is 24.2. The first-order chi connectivity index (χ1) is 16.4. The number of carbonyl (C=O) groups is 2. The molecule has 0 bridgehead atoms. The van der Waals surface area contributed by atoms with Crippen LogP contribution in [0.3, 0.4) is 0 Å². The molecule has 34 heavy (non-hydrogen) atoms. The Morgan fingerprint density at radius 2 is 1.79 bits per heavy atom. The van der Waals surface area contributed by atoms with E-state index in [0.717, 1.165) is 5.39 Å². The van der Waals surface area contributed by atoms with Gasteiger partial charge in [0, 0.05) is 28.4 Å². The van der Waals surface area contributed by atoms with Crippen molar-refractivity contribution in [2.24, 2.45) is 0 Å². The monoisotopic (exact) mass is 459 g/mol. The highest BCUT2D eigenvalue weighted by Gasteiger charge is 2.19. The van der Waals surface area contributed by atoms with Crippen LogP contribution in [0.2, 0.25) is 0 Å². The molecule has 0 aliphatic carbocycles. The summed E-state index contributed by atoms with van der Waals surface area (Å²) in [4.78, 5) is 36.0. The lowest BCUT2D eigenvalue weighted by Crippen LogP contribution is -2.14. The fourth-order valence-corrected chi connectivity index (χ4v) is 3.44. The van der Waals surface area contributed by atoms with Crippen LogP contribution in [0.4, 0.5) is 17.1 Å². The molecule has 0 fully saturated rings. The number of nitro groups is 1. The standard InChI is InChI=1S/C25H21N3O6/c1-3-33-22-11-8-17(13-20(22)28(31)32)24(29)26-18-9-10-19(15(2)12-18)27-25(30)23-14-16-6-4-5-7-21(16)34-23/h4-14H,3H2,1-2H3,(H,26,29)(H,27,30). The van der Waals surface area contributed by atoms with Crippen LogP contribution in [0, 0.1) is 17.0 Å². The van der Waals surface area contributed by atoms with Crippen LogP contribution in [0.15, 0.2) is 71.1 Å². The molecule has 4 rings (SSSR count). The Bertz CT molecular complexity index is 1380. The molecule has 0 saturated carbocycles. The Hall–Kier alpha value is -4.66. The van der Waals surface area contributed by atoms with Crippen molar-refractivity contribution in [2.75, 3.05) is 17.2 Å². The van der Waals surface area contributed by atoms with Gasteiger partial charge in [0.1, 0.15) is 5.58 Å². The van der Waals surface area contributed by atoms with Crippen molar-refractivity contribution in [1.29, 1.82) is 0 Å². The second-order valence-corrected chi connectivity index (χ2v) is 7.46. The van der Waals surface area contributed by atoms with E-state index in [9.17, 15) is 19.7 Å². The molecule has 1 heterocycles. The molecular weight excluding hydrogens is 438 g/mol. The first-order valence-corrected chi connectivity index (χ1v) is 10.5. The molecule has 0 aliphatic heterocycles. The lowest BCUT2D eigenvalue weighted by atomic mass is 10.1. The Kier molecular flexibility index (Phi) is 6.26. The number of nitrogens with zero attached hydrogens (tertiary/aromatic N) is 1. The highest BCUT2D eigenvalue weighted by atomic mass is 16.6. The lowest BCUT2D eigenvalue weighted by Gasteiger charge is -2.11. The van der Waals surface area contributed by atoms with Crippen LogP contribution in [-0.4, -0.2) is 23.3 Å². The molecule has 9 heteroatoms. The predicted molar refractivity (Wildman–Crippen MR) is 128 cm³/mol. The number of hydrogen-bond donors (Lipinski definition) is 2. The van der Waals surface area contributed by atoms with E-state index in [-0.39, 0.29) is 29.4 Å². The van der Waals surface area contributed by atoms with Crippen molar-refractivity contribution < 1.29 is 23.7 Å². The minimum absolute atomic E-state index is 0.101. The van der Waals surface area contributed by atoms with Gasteiger partial charge < -0.3 is 19.8 Å². The summed E-state index contributed by atoms with van der Waals surface area (Å²) in [6, 6.07) is 18.0. The largest absolute Gasteiger partial charge is 0.487 e. The Morgan fingerprint density at radius 3 is 2.50 bits per heavy atom. The average molecular weight is 459 g/mol. The molecule has 3 aromatic carbocycles. The number of fused-ring (bicyclic) bond motifs is 1. The normalized spacial score (nSPS) is 10.6. The van der Waals surface area contributed by atoms with Gasteiger partial charge in [0.25, 0.3) is 11.8 Å². The van der Waals surface area contributed by atoms with E-state index in [1.54, 1.807) is 44.2 Å². The first-order valence-electron chi connectivity index (χ1n) is 10.5. The minimum Gasteiger partial charge on any atom is -0.487 e. The summed E-state index contributed by atoms with van der Waals surface area (Å²) in [5.41, 5.74) is 2.20. The molecule has 2 N–H and O–H groups in total. The molecule has 0 atom stereocenters. The van der Waals surface area contributed by atoms with Crippen molar-refractivity contribution in [2.45, 2.75) is 13.8 Å². The third kappa shape index (κ3) is 4.73. The fourth-order valence-electron chi connectivity index (χ4n) is 3.44. The van der Waals surface area contributed by atoms with Gasteiger partial charge in [0.15, 0.2) is 11.5 Å². The van der Waals surface area contributed by atoms with Crippen LogP contribution in [0.5, 0.6) is 5.75 Å². The average Bonchev–Trinajstić information content (AvgIpc) is 3.25. The molecule has 4 aromatic rings. The van der Waals surface area contributed by atoms with Crippen molar-refractivity contribution in [3.8, 4) is 5.75 Å². The van der Waals surface area contributed by atoms with Crippen molar-refractivity contribution in [3.63, 3.8) is 0 Å². The summed E-state index contributed by atoms with van der Waals surface area (Å²) in [6.45, 7) is 3.77. The summed E-state index contributed by atoms with van der Waals surface area (Å²) in [7, 11) is 0. The molecule has 2 amide bonds. The fraction of sp³-hybridized carbons (Fsp3) is 0.120. The number of furan rings is 1. The van der Waals surface area contributed by atoms with Gasteiger partial charge in [-0.15, -0.1) is 0 Å². The van der Waals surface area contributed by atoms with E-state index < -0.39 is 16.7 Å². The van der Waals surface area contributed by atoms with Crippen LogP contribution in [0.25, 0.3) is 11.0 Å². The lowest BCUT2D eigenvalue weighted by molar-refractivity contribution is -0.385. The van der Waals surface area contributed by atoms with Gasteiger partial charge >= 0.3 is 5.69 Å². The first kappa shape index (κ1) is 22.5. The number of aryl methyl sites for hydroxylation is 1. The third-order valence-corrected chi connectivity index (χ3v) is 5.10. The maximum atomic E-state index is 12.6. The molecule has 0 saturated heterocycles. The highest BCUT2D eigenvalue weighted by Crippen LogP contribution is 2.29. The van der Waals surface area contributed by atoms with E-state index in [1.807, 2.05) is 18.2 Å². The van der Waals surface area contributed by atoms with Crippen LogP contribution < -0.4 is 15.4 Å². The molecule has 0 aliphatic rings. The second-order valence-electron chi connectivity index (χ2n) is 7.46. The van der Waals surface area contributed by atoms with E-state index in [0.29, 0.717) is 22.5 Å². The number of carbonyl (C=O) groups excluding carboxylic acids is 2. The van der Waals surface area contributed by atoms with Gasteiger partial charge in [0.05, 0.1) is 11.5 Å². The molecular formula is C25H21N3O6. The van der Waals surface area contributed by atoms with Gasteiger partial charge in [0.2, 0.25) is 0 Å². The third-order valence-electron chi connectivity index (χ3n) is 5.10. The van der Waals surface area contributed by atoms with Crippen molar-refractivity contribution in [1.82, 2.24) is 0 Å². The van der Waals surface area contributed by atoms with Gasteiger partial charge in [-0.1, -0.05) is 18.2 Å². The summed E-state index contributed by atoms with van der Waals surface area (Å²) in [5, 5.41) is 17.7. The molecule has 172 valence electrons. The number of hydrogen-bond acceptors (Lipinski definition) is 6. The number of rotatable bonds is 7. The highest BCUT2D eigenvalue weighted by molar-refractivity contribution is 6.06. The SMILES string of the molecule is CCOc1ccc(C(=O)Nc2ccc(NC(=O)c3cc4ccccc4o3)c(C)c2)cc1[N+](=O)[O-].